The van der Waals surface area contributed by atoms with Crippen molar-refractivity contribution in [3.8, 4) is 0 Å². The van der Waals surface area contributed by atoms with Gasteiger partial charge in [0.25, 0.3) is 0 Å². The van der Waals surface area contributed by atoms with Gasteiger partial charge in [0.05, 0.1) is 0 Å². The van der Waals surface area contributed by atoms with Crippen molar-refractivity contribution < 1.29 is 4.79 Å². The Labute approximate surface area is 95.2 Å². The van der Waals surface area contributed by atoms with Crippen molar-refractivity contribution >= 4 is 5.91 Å². The van der Waals surface area contributed by atoms with Crippen molar-refractivity contribution in [1.82, 2.24) is 20.4 Å². The van der Waals surface area contributed by atoms with Crippen molar-refractivity contribution in [1.29, 1.82) is 0 Å². The highest BCUT2D eigenvalue weighted by molar-refractivity contribution is 5.79. The van der Waals surface area contributed by atoms with Crippen LogP contribution >= 0.6 is 0 Å². The molecule has 1 amide bonds. The summed E-state index contributed by atoms with van der Waals surface area (Å²) in [5.74, 6) is 0.0254. The summed E-state index contributed by atoms with van der Waals surface area (Å²) in [4.78, 5) is 11.8. The fourth-order valence-corrected chi connectivity index (χ4v) is 1.93. The second-order valence-electron chi connectivity index (χ2n) is 4.20. The van der Waals surface area contributed by atoms with Crippen molar-refractivity contribution in [2.75, 3.05) is 13.1 Å². The molecule has 2 atom stereocenters. The zero-order chi connectivity index (χ0) is 11.4. The zero-order valence-corrected chi connectivity index (χ0v) is 9.52. The minimum absolute atomic E-state index is 0.0254. The number of hydrogen-bond donors (Lipinski definition) is 2. The third-order valence-electron chi connectivity index (χ3n) is 2.99. The number of carbonyl (C=O) groups is 1. The molecule has 0 radical (unpaired) electrons. The van der Waals surface area contributed by atoms with Crippen LogP contribution in [0.5, 0.6) is 0 Å². The van der Waals surface area contributed by atoms with Gasteiger partial charge in [-0.25, -0.2) is 0 Å². The SMILES string of the molecule is CC(C(=O)NCC1CCCN1)n1cccn1. The van der Waals surface area contributed by atoms with Crippen LogP contribution in [0.2, 0.25) is 0 Å². The minimum atomic E-state index is -0.239. The van der Waals surface area contributed by atoms with Crippen LogP contribution in [0, 0.1) is 0 Å². The number of carbonyl (C=O) groups excluding carboxylic acids is 1. The average molecular weight is 222 g/mol. The van der Waals surface area contributed by atoms with Gasteiger partial charge in [-0.15, -0.1) is 0 Å². The first-order valence-corrected chi connectivity index (χ1v) is 5.77. The van der Waals surface area contributed by atoms with Crippen molar-refractivity contribution in [3.05, 3.63) is 18.5 Å². The lowest BCUT2D eigenvalue weighted by molar-refractivity contribution is -0.124. The fourth-order valence-electron chi connectivity index (χ4n) is 1.93. The summed E-state index contributed by atoms with van der Waals surface area (Å²) in [6, 6.07) is 2.02. The number of amides is 1. The van der Waals surface area contributed by atoms with E-state index in [1.165, 1.54) is 6.42 Å². The summed E-state index contributed by atoms with van der Waals surface area (Å²) in [6.07, 6.45) is 5.84. The van der Waals surface area contributed by atoms with Gasteiger partial charge in [0.1, 0.15) is 6.04 Å². The van der Waals surface area contributed by atoms with Gasteiger partial charge in [-0.1, -0.05) is 0 Å². The molecule has 0 saturated carbocycles. The number of nitrogens with one attached hydrogen (secondary N) is 2. The second-order valence-corrected chi connectivity index (χ2v) is 4.20. The van der Waals surface area contributed by atoms with Gasteiger partial charge < -0.3 is 10.6 Å². The lowest BCUT2D eigenvalue weighted by atomic mass is 10.2. The van der Waals surface area contributed by atoms with Gasteiger partial charge in [0.2, 0.25) is 5.91 Å². The molecule has 2 heterocycles. The van der Waals surface area contributed by atoms with Gasteiger partial charge in [0, 0.05) is 25.0 Å². The third-order valence-corrected chi connectivity index (χ3v) is 2.99. The predicted octanol–water partition coefficient (Wildman–Crippen LogP) is 0.312. The maximum Gasteiger partial charge on any atom is 0.244 e. The minimum Gasteiger partial charge on any atom is -0.353 e. The molecule has 2 rings (SSSR count). The Bertz CT molecular complexity index is 330. The topological polar surface area (TPSA) is 59.0 Å². The molecule has 0 spiro atoms. The molecule has 0 aromatic carbocycles. The molecule has 1 aliphatic heterocycles. The van der Waals surface area contributed by atoms with Crippen LogP contribution < -0.4 is 10.6 Å². The number of rotatable bonds is 4. The first-order chi connectivity index (χ1) is 7.77. The van der Waals surface area contributed by atoms with Crippen LogP contribution in [-0.4, -0.2) is 34.8 Å². The maximum atomic E-state index is 11.8. The van der Waals surface area contributed by atoms with E-state index in [2.05, 4.69) is 15.7 Å². The van der Waals surface area contributed by atoms with Crippen molar-refractivity contribution in [2.45, 2.75) is 31.8 Å². The van der Waals surface area contributed by atoms with Crippen LogP contribution in [0.25, 0.3) is 0 Å². The van der Waals surface area contributed by atoms with E-state index in [0.29, 0.717) is 12.6 Å². The lowest BCUT2D eigenvalue weighted by Crippen LogP contribution is -2.40. The van der Waals surface area contributed by atoms with Crippen LogP contribution in [-0.2, 0) is 4.79 Å². The van der Waals surface area contributed by atoms with Crippen LogP contribution in [0.3, 0.4) is 0 Å². The van der Waals surface area contributed by atoms with E-state index in [0.717, 1.165) is 13.0 Å². The molecule has 5 nitrogen and oxygen atoms in total. The highest BCUT2D eigenvalue weighted by Gasteiger charge is 2.18. The van der Waals surface area contributed by atoms with Gasteiger partial charge in [-0.3, -0.25) is 9.48 Å². The molecule has 0 bridgehead atoms. The molecule has 88 valence electrons. The normalized spacial score (nSPS) is 21.9. The Morgan fingerprint density at radius 2 is 2.62 bits per heavy atom. The second kappa shape index (κ2) is 5.12. The average Bonchev–Trinajstić information content (AvgIpc) is 2.96. The molecule has 1 aliphatic rings. The van der Waals surface area contributed by atoms with Crippen molar-refractivity contribution in [2.24, 2.45) is 0 Å². The summed E-state index contributed by atoms with van der Waals surface area (Å²) >= 11 is 0. The Morgan fingerprint density at radius 1 is 1.75 bits per heavy atom. The van der Waals surface area contributed by atoms with E-state index in [1.54, 1.807) is 17.1 Å². The molecule has 2 N–H and O–H groups in total. The Kier molecular flexibility index (Phi) is 3.56. The molecule has 1 aromatic rings. The summed E-state index contributed by atoms with van der Waals surface area (Å²) in [7, 11) is 0. The quantitative estimate of drug-likeness (QED) is 0.771. The highest BCUT2D eigenvalue weighted by Crippen LogP contribution is 2.05. The zero-order valence-electron chi connectivity index (χ0n) is 9.52. The molecule has 0 aliphatic carbocycles. The molecule has 2 unspecified atom stereocenters. The lowest BCUT2D eigenvalue weighted by Gasteiger charge is -2.15. The first-order valence-electron chi connectivity index (χ1n) is 5.77. The molecule has 1 saturated heterocycles. The Hall–Kier alpha value is -1.36. The fraction of sp³-hybridized carbons (Fsp3) is 0.636. The Balaban J connectivity index is 1.79. The highest BCUT2D eigenvalue weighted by atomic mass is 16.2. The molecule has 16 heavy (non-hydrogen) atoms. The van der Waals surface area contributed by atoms with E-state index in [9.17, 15) is 4.79 Å². The molecule has 1 fully saturated rings. The van der Waals surface area contributed by atoms with E-state index in [4.69, 9.17) is 0 Å². The molecular formula is C11H18N4O. The third kappa shape index (κ3) is 2.61. The largest absolute Gasteiger partial charge is 0.353 e. The van der Waals surface area contributed by atoms with E-state index >= 15 is 0 Å². The summed E-state index contributed by atoms with van der Waals surface area (Å²) < 4.78 is 1.66. The monoisotopic (exact) mass is 222 g/mol. The van der Waals surface area contributed by atoms with Gasteiger partial charge in [-0.05, 0) is 32.4 Å². The summed E-state index contributed by atoms with van der Waals surface area (Å²) in [5.41, 5.74) is 0. The number of nitrogens with zero attached hydrogens (tertiary/aromatic N) is 2. The maximum absolute atomic E-state index is 11.8. The summed E-state index contributed by atoms with van der Waals surface area (Å²) in [5, 5.41) is 10.4. The van der Waals surface area contributed by atoms with Crippen LogP contribution in [0.15, 0.2) is 18.5 Å². The van der Waals surface area contributed by atoms with Gasteiger partial charge >= 0.3 is 0 Å². The Morgan fingerprint density at radius 3 is 3.25 bits per heavy atom. The van der Waals surface area contributed by atoms with E-state index in [-0.39, 0.29) is 11.9 Å². The standard InChI is InChI=1S/C11H18N4O/c1-9(15-7-3-6-14-15)11(16)13-8-10-4-2-5-12-10/h3,6-7,9-10,12H,2,4-5,8H2,1H3,(H,13,16). The summed E-state index contributed by atoms with van der Waals surface area (Å²) in [6.45, 7) is 3.63. The number of aromatic nitrogens is 2. The van der Waals surface area contributed by atoms with Crippen LogP contribution in [0.1, 0.15) is 25.8 Å². The van der Waals surface area contributed by atoms with Gasteiger partial charge in [0.15, 0.2) is 0 Å². The number of hydrogen-bond acceptors (Lipinski definition) is 3. The molecule has 1 aromatic heterocycles. The van der Waals surface area contributed by atoms with Crippen molar-refractivity contribution in [3.63, 3.8) is 0 Å². The predicted molar refractivity (Wildman–Crippen MR) is 61.0 cm³/mol. The van der Waals surface area contributed by atoms with Crippen LogP contribution in [0.4, 0.5) is 0 Å². The van der Waals surface area contributed by atoms with Gasteiger partial charge in [-0.2, -0.15) is 5.10 Å². The van der Waals surface area contributed by atoms with E-state index in [1.807, 2.05) is 13.0 Å². The first kappa shape index (κ1) is 11.1. The smallest absolute Gasteiger partial charge is 0.244 e. The van der Waals surface area contributed by atoms with E-state index < -0.39 is 0 Å². The molecular weight excluding hydrogens is 204 g/mol. The molecule has 5 heteroatoms.